The van der Waals surface area contributed by atoms with E-state index < -0.39 is 0 Å². The Labute approximate surface area is 83.9 Å². The van der Waals surface area contributed by atoms with E-state index >= 15 is 0 Å². The molecular formula is C11H16N2O. The van der Waals surface area contributed by atoms with Crippen LogP contribution >= 0.6 is 0 Å². The molecule has 0 saturated heterocycles. The maximum absolute atomic E-state index is 9.20. The highest BCUT2D eigenvalue weighted by Crippen LogP contribution is 2.40. The third-order valence-corrected chi connectivity index (χ3v) is 2.85. The van der Waals surface area contributed by atoms with Gasteiger partial charge < -0.3 is 16.2 Å². The molecule has 0 heterocycles. The minimum Gasteiger partial charge on any atom is -0.397 e. The van der Waals surface area contributed by atoms with Crippen LogP contribution in [0.1, 0.15) is 18.4 Å². The largest absolute Gasteiger partial charge is 0.397 e. The lowest BCUT2D eigenvalue weighted by atomic mass is 10.1. The highest BCUT2D eigenvalue weighted by Gasteiger charge is 2.42. The van der Waals surface area contributed by atoms with Crippen molar-refractivity contribution >= 4 is 11.4 Å². The summed E-state index contributed by atoms with van der Waals surface area (Å²) in [6.45, 7) is 2.20. The molecular weight excluding hydrogens is 176 g/mol. The van der Waals surface area contributed by atoms with Crippen molar-refractivity contribution in [3.8, 4) is 0 Å². The Balaban J connectivity index is 2.24. The number of aliphatic hydroxyl groups is 1. The van der Waals surface area contributed by atoms with E-state index in [0.29, 0.717) is 0 Å². The van der Waals surface area contributed by atoms with E-state index in [1.807, 2.05) is 25.1 Å². The minimum absolute atomic E-state index is 0.0970. The lowest BCUT2D eigenvalue weighted by Crippen LogP contribution is -2.26. The van der Waals surface area contributed by atoms with Crippen LogP contribution in [0.5, 0.6) is 0 Å². The Kier molecular flexibility index (Phi) is 2.11. The number of nitrogens with two attached hydrogens (primary N) is 1. The highest BCUT2D eigenvalue weighted by atomic mass is 16.3. The second-order valence-corrected chi connectivity index (χ2v) is 4.10. The van der Waals surface area contributed by atoms with Crippen molar-refractivity contribution < 1.29 is 5.11 Å². The molecule has 0 amide bonds. The van der Waals surface area contributed by atoms with Crippen LogP contribution in [0, 0.1) is 6.92 Å². The van der Waals surface area contributed by atoms with Gasteiger partial charge in [0.25, 0.3) is 0 Å². The Morgan fingerprint density at radius 3 is 2.71 bits per heavy atom. The van der Waals surface area contributed by atoms with E-state index in [1.54, 1.807) is 0 Å². The number of hydrogen-bond acceptors (Lipinski definition) is 3. The Hall–Kier alpha value is -1.22. The number of nitrogens with one attached hydrogen (secondary N) is 1. The quantitative estimate of drug-likeness (QED) is 0.636. The fourth-order valence-corrected chi connectivity index (χ4v) is 1.60. The lowest BCUT2D eigenvalue weighted by molar-refractivity contribution is 0.266. The zero-order valence-electron chi connectivity index (χ0n) is 8.38. The fourth-order valence-electron chi connectivity index (χ4n) is 1.60. The summed E-state index contributed by atoms with van der Waals surface area (Å²) in [6.07, 6.45) is 2.05. The van der Waals surface area contributed by atoms with Crippen molar-refractivity contribution in [3.63, 3.8) is 0 Å². The van der Waals surface area contributed by atoms with Gasteiger partial charge in [-0.05, 0) is 31.4 Å². The van der Waals surface area contributed by atoms with Crippen molar-refractivity contribution in [2.24, 2.45) is 0 Å². The molecule has 3 nitrogen and oxygen atoms in total. The first-order chi connectivity index (χ1) is 6.67. The molecule has 3 heteroatoms. The molecule has 1 saturated carbocycles. The van der Waals surface area contributed by atoms with Gasteiger partial charge in [-0.15, -0.1) is 0 Å². The third kappa shape index (κ3) is 1.55. The number of aryl methyl sites for hydroxylation is 1. The molecule has 0 bridgehead atoms. The zero-order valence-corrected chi connectivity index (χ0v) is 8.38. The summed E-state index contributed by atoms with van der Waals surface area (Å²) >= 11 is 0. The molecule has 0 aliphatic heterocycles. The summed E-state index contributed by atoms with van der Waals surface area (Å²) in [5, 5.41) is 12.5. The topological polar surface area (TPSA) is 58.3 Å². The maximum atomic E-state index is 9.20. The van der Waals surface area contributed by atoms with Gasteiger partial charge in [-0.3, -0.25) is 0 Å². The van der Waals surface area contributed by atoms with Crippen molar-refractivity contribution in [1.29, 1.82) is 0 Å². The monoisotopic (exact) mass is 192 g/mol. The predicted molar refractivity (Wildman–Crippen MR) is 58.3 cm³/mol. The van der Waals surface area contributed by atoms with Crippen molar-refractivity contribution in [2.75, 3.05) is 17.7 Å². The smallest absolute Gasteiger partial charge is 0.0661 e. The highest BCUT2D eigenvalue weighted by molar-refractivity contribution is 5.71. The van der Waals surface area contributed by atoms with Gasteiger partial charge in [-0.25, -0.2) is 0 Å². The van der Waals surface area contributed by atoms with E-state index in [0.717, 1.165) is 29.8 Å². The first-order valence-electron chi connectivity index (χ1n) is 4.91. The number of rotatable bonds is 3. The normalized spacial score (nSPS) is 17.9. The number of aliphatic hydroxyl groups excluding tert-OH is 1. The van der Waals surface area contributed by atoms with E-state index in [4.69, 9.17) is 5.73 Å². The summed E-state index contributed by atoms with van der Waals surface area (Å²) in [5.74, 6) is 0. The van der Waals surface area contributed by atoms with Gasteiger partial charge in [-0.2, -0.15) is 0 Å². The molecule has 1 aromatic carbocycles. The van der Waals surface area contributed by atoms with Crippen LogP contribution in [0.25, 0.3) is 0 Å². The summed E-state index contributed by atoms with van der Waals surface area (Å²) in [5.41, 5.74) is 8.63. The van der Waals surface area contributed by atoms with Crippen LogP contribution in [0.3, 0.4) is 0 Å². The number of para-hydroxylation sites is 1. The number of hydrogen-bond donors (Lipinski definition) is 3. The van der Waals surface area contributed by atoms with Gasteiger partial charge in [0.2, 0.25) is 0 Å². The molecule has 1 aliphatic carbocycles. The summed E-state index contributed by atoms with van der Waals surface area (Å²) in [6, 6.07) is 5.84. The lowest BCUT2D eigenvalue weighted by Gasteiger charge is -2.19. The number of benzene rings is 1. The molecule has 76 valence electrons. The molecule has 0 aromatic heterocycles. The molecule has 14 heavy (non-hydrogen) atoms. The van der Waals surface area contributed by atoms with E-state index in [2.05, 4.69) is 5.32 Å². The summed E-state index contributed by atoms with van der Waals surface area (Å²) in [4.78, 5) is 0. The first-order valence-corrected chi connectivity index (χ1v) is 4.91. The summed E-state index contributed by atoms with van der Waals surface area (Å²) in [7, 11) is 0. The molecule has 1 aliphatic rings. The molecule has 1 aromatic rings. The average Bonchev–Trinajstić information content (AvgIpc) is 2.93. The SMILES string of the molecule is Cc1cccc(N)c1NC1(CO)CC1. The van der Waals surface area contributed by atoms with Gasteiger partial charge >= 0.3 is 0 Å². The Morgan fingerprint density at radius 2 is 2.21 bits per heavy atom. The van der Waals surface area contributed by atoms with E-state index in [-0.39, 0.29) is 12.1 Å². The van der Waals surface area contributed by atoms with Crippen LogP contribution in [0.15, 0.2) is 18.2 Å². The van der Waals surface area contributed by atoms with Crippen LogP contribution in [0.4, 0.5) is 11.4 Å². The minimum atomic E-state index is -0.0970. The third-order valence-electron chi connectivity index (χ3n) is 2.85. The molecule has 0 atom stereocenters. The van der Waals surface area contributed by atoms with E-state index in [1.165, 1.54) is 0 Å². The molecule has 0 spiro atoms. The molecule has 1 fully saturated rings. The van der Waals surface area contributed by atoms with Gasteiger partial charge in [0.05, 0.1) is 23.5 Å². The number of anilines is 2. The fraction of sp³-hybridized carbons (Fsp3) is 0.455. The van der Waals surface area contributed by atoms with Crippen LogP contribution < -0.4 is 11.1 Å². The summed E-state index contributed by atoms with van der Waals surface area (Å²) < 4.78 is 0. The molecule has 0 radical (unpaired) electrons. The van der Waals surface area contributed by atoms with Crippen LogP contribution in [-0.4, -0.2) is 17.3 Å². The zero-order chi connectivity index (χ0) is 10.2. The van der Waals surface area contributed by atoms with Gasteiger partial charge in [0, 0.05) is 0 Å². The standard InChI is InChI=1S/C11H16N2O/c1-8-3-2-4-9(12)10(8)13-11(7-14)5-6-11/h2-4,13-14H,5-7,12H2,1H3. The second-order valence-electron chi connectivity index (χ2n) is 4.10. The van der Waals surface area contributed by atoms with Gasteiger partial charge in [-0.1, -0.05) is 12.1 Å². The predicted octanol–water partition coefficient (Wildman–Crippen LogP) is 1.51. The van der Waals surface area contributed by atoms with Crippen LogP contribution in [0.2, 0.25) is 0 Å². The Morgan fingerprint density at radius 1 is 1.50 bits per heavy atom. The first kappa shape index (κ1) is 9.34. The van der Waals surface area contributed by atoms with E-state index in [9.17, 15) is 5.11 Å². The Bertz CT molecular complexity index is 325. The number of nitrogen functional groups attached to an aromatic ring is 1. The van der Waals surface area contributed by atoms with Gasteiger partial charge in [0.1, 0.15) is 0 Å². The van der Waals surface area contributed by atoms with Crippen molar-refractivity contribution in [2.45, 2.75) is 25.3 Å². The van der Waals surface area contributed by atoms with Crippen molar-refractivity contribution in [1.82, 2.24) is 0 Å². The van der Waals surface area contributed by atoms with Crippen LogP contribution in [-0.2, 0) is 0 Å². The van der Waals surface area contributed by atoms with Gasteiger partial charge in [0.15, 0.2) is 0 Å². The molecule has 2 rings (SSSR count). The molecule has 4 N–H and O–H groups in total. The maximum Gasteiger partial charge on any atom is 0.0661 e. The average molecular weight is 192 g/mol. The molecule has 0 unspecified atom stereocenters. The van der Waals surface area contributed by atoms with Crippen molar-refractivity contribution in [3.05, 3.63) is 23.8 Å². The second kappa shape index (κ2) is 3.17.